The van der Waals surface area contributed by atoms with Crippen LogP contribution in [0.25, 0.3) is 0 Å². The Labute approximate surface area is 171 Å². The molecule has 0 unspecified atom stereocenters. The van der Waals surface area contributed by atoms with Crippen LogP contribution in [0.1, 0.15) is 29.3 Å². The molecule has 0 aliphatic heterocycles. The van der Waals surface area contributed by atoms with Crippen LogP contribution in [0.3, 0.4) is 0 Å². The maximum atomic E-state index is 12.1. The number of carbonyl (C=O) groups is 2. The molecule has 2 aromatic carbocycles. The molecule has 2 amide bonds. The van der Waals surface area contributed by atoms with Crippen LogP contribution in [-0.2, 0) is 4.79 Å². The van der Waals surface area contributed by atoms with Crippen LogP contribution in [0.2, 0.25) is 5.02 Å². The van der Waals surface area contributed by atoms with Gasteiger partial charge < -0.3 is 10.1 Å². The zero-order valence-electron chi connectivity index (χ0n) is 15.6. The van der Waals surface area contributed by atoms with Gasteiger partial charge in [-0.15, -0.1) is 0 Å². The molecular weight excluding hydrogens is 400 g/mol. The van der Waals surface area contributed by atoms with E-state index in [1.807, 2.05) is 6.92 Å². The lowest BCUT2D eigenvalue weighted by molar-refractivity contribution is -0.384. The number of carbonyl (C=O) groups excluding carboxylic acids is 2. The first-order valence-electron chi connectivity index (χ1n) is 8.67. The number of hydrogen-bond donors (Lipinski definition) is 2. The highest BCUT2D eigenvalue weighted by atomic mass is 35.5. The highest BCUT2D eigenvalue weighted by molar-refractivity contribution is 6.33. The Kier molecular flexibility index (Phi) is 8.11. The highest BCUT2D eigenvalue weighted by Gasteiger charge is 2.10. The normalized spacial score (nSPS) is 10.6. The molecule has 0 saturated carbocycles. The van der Waals surface area contributed by atoms with Crippen LogP contribution in [0.15, 0.2) is 47.6 Å². The molecule has 0 bridgehead atoms. The van der Waals surface area contributed by atoms with Gasteiger partial charge in [0.15, 0.2) is 0 Å². The minimum atomic E-state index is -0.570. The van der Waals surface area contributed by atoms with E-state index in [9.17, 15) is 19.7 Å². The summed E-state index contributed by atoms with van der Waals surface area (Å²) in [5.41, 5.74) is 2.72. The number of benzene rings is 2. The molecule has 0 heterocycles. The number of hydrogen-bond acceptors (Lipinski definition) is 6. The Balaban J connectivity index is 1.83. The van der Waals surface area contributed by atoms with Gasteiger partial charge in [-0.1, -0.05) is 18.5 Å². The van der Waals surface area contributed by atoms with E-state index in [4.69, 9.17) is 16.3 Å². The Hall–Kier alpha value is -3.46. The molecule has 2 N–H and O–H groups in total. The second kappa shape index (κ2) is 10.8. The summed E-state index contributed by atoms with van der Waals surface area (Å²) in [6, 6.07) is 10.4. The number of amides is 2. The summed E-state index contributed by atoms with van der Waals surface area (Å²) in [7, 11) is 0. The lowest BCUT2D eigenvalue weighted by Gasteiger charge is -2.07. The smallest absolute Gasteiger partial charge is 0.270 e. The van der Waals surface area contributed by atoms with Crippen LogP contribution in [0, 0.1) is 10.1 Å². The van der Waals surface area contributed by atoms with Gasteiger partial charge in [-0.05, 0) is 36.8 Å². The monoisotopic (exact) mass is 418 g/mol. The van der Waals surface area contributed by atoms with Crippen LogP contribution < -0.4 is 15.5 Å². The number of nitrogens with zero attached hydrogens (tertiary/aromatic N) is 2. The predicted octanol–water partition coefficient (Wildman–Crippen LogP) is 2.92. The van der Waals surface area contributed by atoms with Gasteiger partial charge >= 0.3 is 0 Å². The third-order valence-corrected chi connectivity index (χ3v) is 3.93. The van der Waals surface area contributed by atoms with E-state index in [-0.39, 0.29) is 22.8 Å². The zero-order valence-corrected chi connectivity index (χ0v) is 16.3. The Morgan fingerprint density at radius 3 is 2.62 bits per heavy atom. The van der Waals surface area contributed by atoms with E-state index in [1.54, 1.807) is 24.3 Å². The average molecular weight is 419 g/mol. The van der Waals surface area contributed by atoms with Gasteiger partial charge in [-0.25, -0.2) is 5.43 Å². The van der Waals surface area contributed by atoms with Gasteiger partial charge in [0.1, 0.15) is 5.75 Å². The predicted molar refractivity (Wildman–Crippen MR) is 108 cm³/mol. The standard InChI is InChI=1S/C19H19ClN4O5/c1-2-9-29-16-6-3-13(4-7-16)19(26)21-12-18(25)23-22-11-14-10-15(24(27)28)5-8-17(14)20/h3-8,10-11H,2,9,12H2,1H3,(H,21,26)(H,23,25)/b22-11+. The molecule has 0 radical (unpaired) electrons. The van der Waals surface area contributed by atoms with E-state index in [1.165, 1.54) is 24.4 Å². The van der Waals surface area contributed by atoms with Crippen molar-refractivity contribution in [2.75, 3.05) is 13.2 Å². The first kappa shape index (κ1) is 21.8. The third kappa shape index (κ3) is 6.89. The van der Waals surface area contributed by atoms with E-state index in [2.05, 4.69) is 15.8 Å². The van der Waals surface area contributed by atoms with Crippen molar-refractivity contribution < 1.29 is 19.2 Å². The zero-order chi connectivity index (χ0) is 21.2. The highest BCUT2D eigenvalue weighted by Crippen LogP contribution is 2.20. The minimum absolute atomic E-state index is 0.152. The lowest BCUT2D eigenvalue weighted by atomic mass is 10.2. The van der Waals surface area contributed by atoms with Gasteiger partial charge in [0.25, 0.3) is 17.5 Å². The number of hydrazone groups is 1. The molecule has 152 valence electrons. The fourth-order valence-electron chi connectivity index (χ4n) is 2.14. The van der Waals surface area contributed by atoms with Crippen LogP contribution >= 0.6 is 11.6 Å². The number of nitro groups is 1. The van der Waals surface area contributed by atoms with Crippen molar-refractivity contribution in [3.05, 3.63) is 68.7 Å². The molecule has 29 heavy (non-hydrogen) atoms. The molecule has 0 aliphatic carbocycles. The number of ether oxygens (including phenoxy) is 1. The maximum Gasteiger partial charge on any atom is 0.270 e. The minimum Gasteiger partial charge on any atom is -0.494 e. The van der Waals surface area contributed by atoms with Crippen molar-refractivity contribution in [2.45, 2.75) is 13.3 Å². The van der Waals surface area contributed by atoms with Crippen molar-refractivity contribution in [1.29, 1.82) is 0 Å². The number of non-ortho nitro benzene ring substituents is 1. The quantitative estimate of drug-likeness (QED) is 0.368. The van der Waals surface area contributed by atoms with Crippen molar-refractivity contribution in [3.63, 3.8) is 0 Å². The van der Waals surface area contributed by atoms with Crippen molar-refractivity contribution in [2.24, 2.45) is 5.10 Å². The summed E-state index contributed by atoms with van der Waals surface area (Å²) < 4.78 is 5.44. The van der Waals surface area contributed by atoms with Gasteiger partial charge in [-0.2, -0.15) is 5.10 Å². The van der Waals surface area contributed by atoms with E-state index >= 15 is 0 Å². The SMILES string of the molecule is CCCOc1ccc(C(=O)NCC(=O)N/N=C/c2cc([N+](=O)[O-])ccc2Cl)cc1. The van der Waals surface area contributed by atoms with Crippen molar-refractivity contribution >= 4 is 35.3 Å². The molecule has 0 spiro atoms. The summed E-state index contributed by atoms with van der Waals surface area (Å²) >= 11 is 5.93. The topological polar surface area (TPSA) is 123 Å². The second-order valence-electron chi connectivity index (χ2n) is 5.81. The molecule has 0 atom stereocenters. The van der Waals surface area contributed by atoms with Crippen LogP contribution in [0.5, 0.6) is 5.75 Å². The molecule has 0 aromatic heterocycles. The van der Waals surface area contributed by atoms with Crippen LogP contribution in [0.4, 0.5) is 5.69 Å². The molecule has 2 rings (SSSR count). The van der Waals surface area contributed by atoms with Crippen LogP contribution in [-0.4, -0.2) is 36.1 Å². The first-order chi connectivity index (χ1) is 13.9. The average Bonchev–Trinajstić information content (AvgIpc) is 2.72. The molecular formula is C19H19ClN4O5. The van der Waals surface area contributed by atoms with Crippen molar-refractivity contribution in [1.82, 2.24) is 10.7 Å². The molecule has 10 heteroatoms. The fraction of sp³-hybridized carbons (Fsp3) is 0.211. The summed E-state index contributed by atoms with van der Waals surface area (Å²) in [5, 5.41) is 17.2. The van der Waals surface area contributed by atoms with Gasteiger partial charge in [0, 0.05) is 28.3 Å². The third-order valence-electron chi connectivity index (χ3n) is 3.58. The number of nitro benzene ring substituents is 1. The Morgan fingerprint density at radius 1 is 1.24 bits per heavy atom. The molecule has 9 nitrogen and oxygen atoms in total. The van der Waals surface area contributed by atoms with Crippen molar-refractivity contribution in [3.8, 4) is 5.75 Å². The largest absolute Gasteiger partial charge is 0.494 e. The number of rotatable bonds is 9. The summed E-state index contributed by atoms with van der Waals surface area (Å²) in [6.45, 7) is 2.29. The Bertz CT molecular complexity index is 915. The van der Waals surface area contributed by atoms with E-state index < -0.39 is 16.7 Å². The Morgan fingerprint density at radius 2 is 1.97 bits per heavy atom. The summed E-state index contributed by atoms with van der Waals surface area (Å²) in [6.07, 6.45) is 2.07. The molecule has 2 aromatic rings. The number of nitrogens with one attached hydrogen (secondary N) is 2. The number of halogens is 1. The summed E-state index contributed by atoms with van der Waals surface area (Å²) in [4.78, 5) is 34.1. The van der Waals surface area contributed by atoms with Gasteiger partial charge in [-0.3, -0.25) is 19.7 Å². The summed E-state index contributed by atoms with van der Waals surface area (Å²) in [5.74, 6) is -0.331. The van der Waals surface area contributed by atoms with E-state index in [0.717, 1.165) is 6.42 Å². The molecule has 0 aliphatic rings. The maximum absolute atomic E-state index is 12.1. The first-order valence-corrected chi connectivity index (χ1v) is 9.05. The second-order valence-corrected chi connectivity index (χ2v) is 6.22. The fourth-order valence-corrected chi connectivity index (χ4v) is 2.31. The molecule has 0 saturated heterocycles. The van der Waals surface area contributed by atoms with Gasteiger partial charge in [0.05, 0.1) is 24.3 Å². The van der Waals surface area contributed by atoms with Gasteiger partial charge in [0.2, 0.25) is 0 Å². The molecule has 0 fully saturated rings. The lowest BCUT2D eigenvalue weighted by Crippen LogP contribution is -2.34. The van der Waals surface area contributed by atoms with E-state index in [0.29, 0.717) is 17.9 Å².